The highest BCUT2D eigenvalue weighted by Crippen LogP contribution is 2.38. The molecule has 4 aromatic rings. The summed E-state index contributed by atoms with van der Waals surface area (Å²) in [6, 6.07) is 30.1. The molecule has 0 bridgehead atoms. The molecule has 1 amide bonds. The Bertz CT molecular complexity index is 1560. The third-order valence-electron chi connectivity index (χ3n) is 7.34. The molecule has 1 aliphatic heterocycles. The number of nitrogens with one attached hydrogen (secondary N) is 1. The average molecular weight is 587 g/mol. The second-order valence-corrected chi connectivity index (χ2v) is 11.1. The summed E-state index contributed by atoms with van der Waals surface area (Å²) >= 11 is 12.2. The number of aromatic hydroxyl groups is 1. The monoisotopic (exact) mass is 585 g/mol. The summed E-state index contributed by atoms with van der Waals surface area (Å²) in [4.78, 5) is 15.2. The van der Waals surface area contributed by atoms with E-state index >= 15 is 0 Å². The van der Waals surface area contributed by atoms with Gasteiger partial charge in [0, 0.05) is 35.4 Å². The Labute approximate surface area is 249 Å². The molecule has 0 atom stereocenters. The Morgan fingerprint density at radius 2 is 1.63 bits per heavy atom. The van der Waals surface area contributed by atoms with Gasteiger partial charge in [0.15, 0.2) is 0 Å². The van der Waals surface area contributed by atoms with Crippen molar-refractivity contribution in [3.05, 3.63) is 118 Å². The topological polar surface area (TPSA) is 85.6 Å². The molecule has 2 N–H and O–H groups in total. The number of hydrogen-bond acceptors (Lipinski definition) is 5. The Morgan fingerprint density at radius 3 is 2.32 bits per heavy atom. The van der Waals surface area contributed by atoms with Gasteiger partial charge in [-0.1, -0.05) is 71.7 Å². The fraction of sp³-hybridized carbons (Fsp3) is 0.212. The van der Waals surface area contributed by atoms with Crippen molar-refractivity contribution in [3.63, 3.8) is 0 Å². The number of phenolic OH excluding ortho intramolecular Hbond substituents is 1. The van der Waals surface area contributed by atoms with Gasteiger partial charge in [-0.3, -0.25) is 9.69 Å². The standard InChI is InChI=1S/C33H29Cl2N3O3/c34-28-17-29(35)19-30(18-28)37-32(40)22-41-33(11-13-38(14-12-33)21-24-4-2-6-31(39)16-24)27-9-7-25(8-10-27)26-5-1-3-23(15-26)20-36/h1-10,15-19,39H,11-14,21-22H2,(H,37,40). The van der Waals surface area contributed by atoms with Crippen LogP contribution >= 0.6 is 23.2 Å². The molecule has 6 nitrogen and oxygen atoms in total. The van der Waals surface area contributed by atoms with Crippen LogP contribution in [-0.4, -0.2) is 35.6 Å². The summed E-state index contributed by atoms with van der Waals surface area (Å²) < 4.78 is 6.46. The van der Waals surface area contributed by atoms with Crippen LogP contribution < -0.4 is 5.32 Å². The van der Waals surface area contributed by atoms with Gasteiger partial charge < -0.3 is 15.2 Å². The maximum Gasteiger partial charge on any atom is 0.250 e. The lowest BCUT2D eigenvalue weighted by atomic mass is 9.83. The predicted octanol–water partition coefficient (Wildman–Crippen LogP) is 7.38. The molecule has 4 aromatic carbocycles. The summed E-state index contributed by atoms with van der Waals surface area (Å²) in [6.45, 7) is 2.09. The van der Waals surface area contributed by atoms with Crippen molar-refractivity contribution in [1.82, 2.24) is 4.90 Å². The van der Waals surface area contributed by atoms with Gasteiger partial charge in [-0.25, -0.2) is 0 Å². The van der Waals surface area contributed by atoms with Crippen LogP contribution in [0.1, 0.15) is 29.5 Å². The van der Waals surface area contributed by atoms with Crippen LogP contribution in [0.3, 0.4) is 0 Å². The highest BCUT2D eigenvalue weighted by atomic mass is 35.5. The molecule has 0 aromatic heterocycles. The minimum Gasteiger partial charge on any atom is -0.508 e. The van der Waals surface area contributed by atoms with E-state index in [2.05, 4.69) is 16.3 Å². The van der Waals surface area contributed by atoms with Gasteiger partial charge in [0.2, 0.25) is 5.91 Å². The minimum atomic E-state index is -0.661. The van der Waals surface area contributed by atoms with E-state index in [1.165, 1.54) is 0 Å². The average Bonchev–Trinajstić information content (AvgIpc) is 2.97. The molecule has 1 aliphatic rings. The zero-order valence-electron chi connectivity index (χ0n) is 22.3. The maximum atomic E-state index is 12.9. The zero-order valence-corrected chi connectivity index (χ0v) is 23.8. The summed E-state index contributed by atoms with van der Waals surface area (Å²) in [7, 11) is 0. The van der Waals surface area contributed by atoms with Crippen molar-refractivity contribution in [3.8, 4) is 22.9 Å². The Hall–Kier alpha value is -3.86. The molecule has 0 unspecified atom stereocenters. The molecule has 0 saturated carbocycles. The van der Waals surface area contributed by atoms with Crippen molar-refractivity contribution in [2.45, 2.75) is 25.0 Å². The number of likely N-dealkylation sites (tertiary alicyclic amines) is 1. The molecule has 1 heterocycles. The second kappa shape index (κ2) is 12.8. The van der Waals surface area contributed by atoms with E-state index in [4.69, 9.17) is 27.9 Å². The molecule has 0 spiro atoms. The SMILES string of the molecule is N#Cc1cccc(-c2ccc(C3(OCC(=O)Nc4cc(Cl)cc(Cl)c4)CCN(Cc4cccc(O)c4)CC3)cc2)c1. The number of piperidine rings is 1. The van der Waals surface area contributed by atoms with Crippen LogP contribution in [-0.2, 0) is 21.7 Å². The number of phenols is 1. The second-order valence-electron chi connectivity index (χ2n) is 10.2. The van der Waals surface area contributed by atoms with Gasteiger partial charge in [-0.05, 0) is 77.6 Å². The van der Waals surface area contributed by atoms with Gasteiger partial charge in [-0.2, -0.15) is 5.26 Å². The van der Waals surface area contributed by atoms with E-state index in [0.29, 0.717) is 40.7 Å². The van der Waals surface area contributed by atoms with E-state index in [1.54, 1.807) is 36.4 Å². The number of nitriles is 1. The molecule has 8 heteroatoms. The van der Waals surface area contributed by atoms with E-state index in [1.807, 2.05) is 54.6 Å². The number of carbonyl (C=O) groups is 1. The smallest absolute Gasteiger partial charge is 0.250 e. The number of benzene rings is 4. The maximum absolute atomic E-state index is 12.9. The first-order chi connectivity index (χ1) is 19.8. The predicted molar refractivity (Wildman–Crippen MR) is 162 cm³/mol. The molecule has 0 aliphatic carbocycles. The number of rotatable bonds is 8. The fourth-order valence-corrected chi connectivity index (χ4v) is 5.79. The lowest BCUT2D eigenvalue weighted by Gasteiger charge is -2.42. The van der Waals surface area contributed by atoms with Crippen molar-refractivity contribution in [2.24, 2.45) is 0 Å². The van der Waals surface area contributed by atoms with Crippen LogP contribution in [0.15, 0.2) is 91.0 Å². The molecular weight excluding hydrogens is 557 g/mol. The van der Waals surface area contributed by atoms with E-state index in [9.17, 15) is 15.2 Å². The van der Waals surface area contributed by atoms with Crippen molar-refractivity contribution < 1.29 is 14.6 Å². The highest BCUT2D eigenvalue weighted by molar-refractivity contribution is 6.35. The van der Waals surface area contributed by atoms with Crippen molar-refractivity contribution >= 4 is 34.8 Å². The number of anilines is 1. The molecule has 1 saturated heterocycles. The van der Waals surface area contributed by atoms with Crippen LogP contribution in [0.25, 0.3) is 11.1 Å². The molecule has 0 radical (unpaired) electrons. The highest BCUT2D eigenvalue weighted by Gasteiger charge is 2.38. The molecule has 41 heavy (non-hydrogen) atoms. The van der Waals surface area contributed by atoms with Crippen LogP contribution in [0.5, 0.6) is 5.75 Å². The number of amides is 1. The molecular formula is C33H29Cl2N3O3. The first-order valence-corrected chi connectivity index (χ1v) is 14.1. The summed E-state index contributed by atoms with van der Waals surface area (Å²) in [5.41, 5.74) is 4.46. The molecule has 208 valence electrons. The van der Waals surface area contributed by atoms with Gasteiger partial charge in [0.1, 0.15) is 12.4 Å². The van der Waals surface area contributed by atoms with E-state index < -0.39 is 5.60 Å². The largest absolute Gasteiger partial charge is 0.508 e. The van der Waals surface area contributed by atoms with Gasteiger partial charge in [-0.15, -0.1) is 0 Å². The third-order valence-corrected chi connectivity index (χ3v) is 7.78. The number of halogens is 2. The number of ether oxygens (including phenoxy) is 1. The Morgan fingerprint density at radius 1 is 0.927 bits per heavy atom. The number of carbonyl (C=O) groups excluding carboxylic acids is 1. The fourth-order valence-electron chi connectivity index (χ4n) is 5.26. The Kier molecular flexibility index (Phi) is 8.92. The van der Waals surface area contributed by atoms with Crippen LogP contribution in [0.4, 0.5) is 5.69 Å². The minimum absolute atomic E-state index is 0.136. The van der Waals surface area contributed by atoms with E-state index in [-0.39, 0.29) is 18.3 Å². The first kappa shape index (κ1) is 28.7. The number of hydrogen-bond donors (Lipinski definition) is 2. The normalized spacial score (nSPS) is 14.8. The summed E-state index contributed by atoms with van der Waals surface area (Å²) in [5, 5.41) is 22.8. The summed E-state index contributed by atoms with van der Waals surface area (Å²) in [6.07, 6.45) is 1.37. The quantitative estimate of drug-likeness (QED) is 0.225. The van der Waals surface area contributed by atoms with Crippen molar-refractivity contribution in [2.75, 3.05) is 25.0 Å². The van der Waals surface area contributed by atoms with Gasteiger partial charge in [0.05, 0.1) is 17.2 Å². The lowest BCUT2D eigenvalue weighted by molar-refractivity contribution is -0.135. The lowest BCUT2D eigenvalue weighted by Crippen LogP contribution is -2.45. The number of nitrogens with zero attached hydrogens (tertiary/aromatic N) is 2. The molecule has 1 fully saturated rings. The van der Waals surface area contributed by atoms with Gasteiger partial charge >= 0.3 is 0 Å². The molecule has 5 rings (SSSR count). The summed E-state index contributed by atoms with van der Waals surface area (Å²) in [5.74, 6) is -0.0422. The first-order valence-electron chi connectivity index (χ1n) is 13.3. The van der Waals surface area contributed by atoms with Crippen LogP contribution in [0.2, 0.25) is 10.0 Å². The van der Waals surface area contributed by atoms with E-state index in [0.717, 1.165) is 35.3 Å². The van der Waals surface area contributed by atoms with Gasteiger partial charge in [0.25, 0.3) is 0 Å². The third kappa shape index (κ3) is 7.27. The Balaban J connectivity index is 1.34. The van der Waals surface area contributed by atoms with Crippen LogP contribution in [0, 0.1) is 11.3 Å². The van der Waals surface area contributed by atoms with Crippen molar-refractivity contribution in [1.29, 1.82) is 5.26 Å². The zero-order chi connectivity index (χ0) is 28.8.